The van der Waals surface area contributed by atoms with Gasteiger partial charge in [-0.05, 0) is 44.7 Å². The van der Waals surface area contributed by atoms with Crippen molar-refractivity contribution in [1.82, 2.24) is 5.32 Å². The molecule has 0 amide bonds. The largest absolute Gasteiger partial charge is 0.378 e. The van der Waals surface area contributed by atoms with E-state index in [9.17, 15) is 0 Å². The molecule has 0 aromatic heterocycles. The molecule has 78 valence electrons. The zero-order valence-electron chi connectivity index (χ0n) is 9.01. The second-order valence-corrected chi connectivity index (χ2v) is 4.38. The molecule has 1 heterocycles. The number of nitrogens with one attached hydrogen (secondary N) is 1. The first-order valence-corrected chi connectivity index (χ1v) is 5.61. The number of ether oxygens (including phenoxy) is 1. The molecule has 1 atom stereocenters. The van der Waals surface area contributed by atoms with Gasteiger partial charge in [-0.15, -0.1) is 0 Å². The maximum atomic E-state index is 5.55. The number of rotatable bonds is 6. The lowest BCUT2D eigenvalue weighted by Gasteiger charge is -2.10. The first-order valence-electron chi connectivity index (χ1n) is 5.61. The lowest BCUT2D eigenvalue weighted by Crippen LogP contribution is -2.21. The van der Waals surface area contributed by atoms with Crippen LogP contribution in [-0.4, -0.2) is 25.8 Å². The summed E-state index contributed by atoms with van der Waals surface area (Å²) in [4.78, 5) is 0. The molecule has 1 aliphatic heterocycles. The second-order valence-electron chi connectivity index (χ2n) is 4.38. The van der Waals surface area contributed by atoms with E-state index in [1.54, 1.807) is 0 Å². The summed E-state index contributed by atoms with van der Waals surface area (Å²) in [5.41, 5.74) is 0. The van der Waals surface area contributed by atoms with Gasteiger partial charge in [-0.1, -0.05) is 13.8 Å². The van der Waals surface area contributed by atoms with Crippen molar-refractivity contribution < 1.29 is 4.74 Å². The summed E-state index contributed by atoms with van der Waals surface area (Å²) in [7, 11) is 0. The van der Waals surface area contributed by atoms with E-state index in [1.807, 2.05) is 0 Å². The predicted molar refractivity (Wildman–Crippen MR) is 55.9 cm³/mol. The van der Waals surface area contributed by atoms with E-state index in [1.165, 1.54) is 25.7 Å². The van der Waals surface area contributed by atoms with Gasteiger partial charge in [-0.3, -0.25) is 0 Å². The van der Waals surface area contributed by atoms with Crippen LogP contribution >= 0.6 is 0 Å². The van der Waals surface area contributed by atoms with Gasteiger partial charge in [0.05, 0.1) is 6.10 Å². The average Bonchev–Trinajstić information content (AvgIpc) is 2.55. The molecular formula is C11H23NO. The summed E-state index contributed by atoms with van der Waals surface area (Å²) in [5, 5.41) is 3.45. The van der Waals surface area contributed by atoms with Crippen molar-refractivity contribution in [1.29, 1.82) is 0 Å². The molecule has 0 aromatic carbocycles. The third-order valence-electron chi connectivity index (χ3n) is 2.46. The van der Waals surface area contributed by atoms with Gasteiger partial charge >= 0.3 is 0 Å². The fourth-order valence-corrected chi connectivity index (χ4v) is 1.72. The fraction of sp³-hybridized carbons (Fsp3) is 1.00. The van der Waals surface area contributed by atoms with Gasteiger partial charge in [-0.2, -0.15) is 0 Å². The molecule has 0 aromatic rings. The van der Waals surface area contributed by atoms with Crippen LogP contribution in [0.4, 0.5) is 0 Å². The quantitative estimate of drug-likeness (QED) is 0.640. The SMILES string of the molecule is CC(C)CNCCCC1CCCO1. The van der Waals surface area contributed by atoms with Crippen LogP contribution in [0, 0.1) is 5.92 Å². The summed E-state index contributed by atoms with van der Waals surface area (Å²) in [6.07, 6.45) is 5.62. The Kier molecular flexibility index (Phi) is 5.40. The Bertz CT molecular complexity index is 119. The smallest absolute Gasteiger partial charge is 0.0576 e. The van der Waals surface area contributed by atoms with Crippen molar-refractivity contribution in [3.05, 3.63) is 0 Å². The molecule has 0 spiro atoms. The lowest BCUT2D eigenvalue weighted by molar-refractivity contribution is 0.102. The highest BCUT2D eigenvalue weighted by atomic mass is 16.5. The van der Waals surface area contributed by atoms with Gasteiger partial charge in [0.15, 0.2) is 0 Å². The van der Waals surface area contributed by atoms with Crippen molar-refractivity contribution in [2.75, 3.05) is 19.7 Å². The summed E-state index contributed by atoms with van der Waals surface area (Å²) in [6.45, 7) is 7.77. The Hall–Kier alpha value is -0.0800. The average molecular weight is 185 g/mol. The van der Waals surface area contributed by atoms with Crippen molar-refractivity contribution in [3.8, 4) is 0 Å². The molecule has 13 heavy (non-hydrogen) atoms. The maximum absolute atomic E-state index is 5.55. The summed E-state index contributed by atoms with van der Waals surface area (Å²) in [5.74, 6) is 0.766. The molecule has 1 unspecified atom stereocenters. The van der Waals surface area contributed by atoms with Crippen LogP contribution in [0.3, 0.4) is 0 Å². The third-order valence-corrected chi connectivity index (χ3v) is 2.46. The Labute approximate surface area is 82.0 Å². The minimum Gasteiger partial charge on any atom is -0.378 e. The molecule has 1 saturated heterocycles. The summed E-state index contributed by atoms with van der Waals surface area (Å²) in [6, 6.07) is 0. The Morgan fingerprint density at radius 2 is 2.31 bits per heavy atom. The maximum Gasteiger partial charge on any atom is 0.0576 e. The molecule has 0 radical (unpaired) electrons. The van der Waals surface area contributed by atoms with Crippen molar-refractivity contribution in [3.63, 3.8) is 0 Å². The minimum absolute atomic E-state index is 0.570. The molecule has 0 aliphatic carbocycles. The van der Waals surface area contributed by atoms with Gasteiger partial charge in [-0.25, -0.2) is 0 Å². The van der Waals surface area contributed by atoms with Crippen molar-refractivity contribution >= 4 is 0 Å². The van der Waals surface area contributed by atoms with E-state index in [-0.39, 0.29) is 0 Å². The number of hydrogen-bond donors (Lipinski definition) is 1. The van der Waals surface area contributed by atoms with Crippen molar-refractivity contribution in [2.24, 2.45) is 5.92 Å². The molecule has 1 fully saturated rings. The van der Waals surface area contributed by atoms with Crippen LogP contribution in [0.2, 0.25) is 0 Å². The molecular weight excluding hydrogens is 162 g/mol. The first kappa shape index (κ1) is 11.0. The van der Waals surface area contributed by atoms with E-state index in [0.29, 0.717) is 6.10 Å². The molecule has 2 nitrogen and oxygen atoms in total. The van der Waals surface area contributed by atoms with E-state index in [0.717, 1.165) is 25.6 Å². The lowest BCUT2D eigenvalue weighted by atomic mass is 10.1. The van der Waals surface area contributed by atoms with Gasteiger partial charge in [0.2, 0.25) is 0 Å². The fourth-order valence-electron chi connectivity index (χ4n) is 1.72. The van der Waals surface area contributed by atoms with E-state index < -0.39 is 0 Å². The highest BCUT2D eigenvalue weighted by Gasteiger charge is 2.14. The molecule has 1 rings (SSSR count). The third kappa shape index (κ3) is 5.27. The molecule has 0 bridgehead atoms. The number of hydrogen-bond acceptors (Lipinski definition) is 2. The van der Waals surface area contributed by atoms with Crippen LogP contribution in [-0.2, 0) is 4.74 Å². The molecule has 2 heteroatoms. The van der Waals surface area contributed by atoms with Crippen LogP contribution in [0.5, 0.6) is 0 Å². The Morgan fingerprint density at radius 3 is 2.92 bits per heavy atom. The van der Waals surface area contributed by atoms with E-state index in [4.69, 9.17) is 4.74 Å². The van der Waals surface area contributed by atoms with Gasteiger partial charge < -0.3 is 10.1 Å². The van der Waals surface area contributed by atoms with E-state index in [2.05, 4.69) is 19.2 Å². The zero-order chi connectivity index (χ0) is 9.52. The normalized spacial score (nSPS) is 22.8. The molecule has 1 aliphatic rings. The monoisotopic (exact) mass is 185 g/mol. The van der Waals surface area contributed by atoms with Crippen LogP contribution in [0.15, 0.2) is 0 Å². The van der Waals surface area contributed by atoms with Gasteiger partial charge in [0, 0.05) is 6.61 Å². The van der Waals surface area contributed by atoms with E-state index >= 15 is 0 Å². The topological polar surface area (TPSA) is 21.3 Å². The predicted octanol–water partition coefficient (Wildman–Crippen LogP) is 2.19. The first-order chi connectivity index (χ1) is 6.29. The highest BCUT2D eigenvalue weighted by Crippen LogP contribution is 2.16. The van der Waals surface area contributed by atoms with Crippen LogP contribution in [0.25, 0.3) is 0 Å². The Morgan fingerprint density at radius 1 is 1.46 bits per heavy atom. The highest BCUT2D eigenvalue weighted by molar-refractivity contribution is 4.65. The summed E-state index contributed by atoms with van der Waals surface area (Å²) >= 11 is 0. The van der Waals surface area contributed by atoms with Crippen molar-refractivity contribution in [2.45, 2.75) is 45.6 Å². The standard InChI is InChI=1S/C11H23NO/c1-10(2)9-12-7-3-5-11-6-4-8-13-11/h10-12H,3-9H2,1-2H3. The van der Waals surface area contributed by atoms with Gasteiger partial charge in [0.25, 0.3) is 0 Å². The summed E-state index contributed by atoms with van der Waals surface area (Å²) < 4.78 is 5.55. The minimum atomic E-state index is 0.570. The second kappa shape index (κ2) is 6.39. The van der Waals surface area contributed by atoms with Crippen LogP contribution in [0.1, 0.15) is 39.5 Å². The molecule has 1 N–H and O–H groups in total. The molecule has 0 saturated carbocycles. The Balaban J connectivity index is 1.83. The zero-order valence-corrected chi connectivity index (χ0v) is 9.01. The van der Waals surface area contributed by atoms with Crippen LogP contribution < -0.4 is 5.32 Å². The van der Waals surface area contributed by atoms with Gasteiger partial charge in [0.1, 0.15) is 0 Å².